The monoisotopic (exact) mass is 299 g/mol. The highest BCUT2D eigenvalue weighted by molar-refractivity contribution is 7.09. The second-order valence-corrected chi connectivity index (χ2v) is 5.55. The number of carbonyl (C=O) groups is 1. The Morgan fingerprint density at radius 1 is 1.43 bits per heavy atom. The topological polar surface area (TPSA) is 52.3 Å². The molecule has 0 N–H and O–H groups in total. The van der Waals surface area contributed by atoms with Gasteiger partial charge >= 0.3 is 5.97 Å². The Morgan fingerprint density at radius 3 is 3.05 bits per heavy atom. The van der Waals surface area contributed by atoms with Crippen LogP contribution < -0.4 is 0 Å². The van der Waals surface area contributed by atoms with Crippen molar-refractivity contribution < 1.29 is 13.9 Å². The maximum atomic E-state index is 11.6. The Balaban J connectivity index is 1.59. The number of ether oxygens (including phenoxy) is 1. The van der Waals surface area contributed by atoms with Crippen molar-refractivity contribution in [3.05, 3.63) is 58.2 Å². The summed E-state index contributed by atoms with van der Waals surface area (Å²) >= 11 is 1.54. The van der Waals surface area contributed by atoms with Crippen LogP contribution in [0.2, 0.25) is 0 Å². The molecule has 0 aliphatic rings. The number of thiazole rings is 1. The molecule has 0 unspecified atom stereocenters. The summed E-state index contributed by atoms with van der Waals surface area (Å²) in [4.78, 5) is 15.9. The molecule has 0 aliphatic carbocycles. The fourth-order valence-corrected chi connectivity index (χ4v) is 2.49. The number of hydrogen-bond acceptors (Lipinski definition) is 5. The van der Waals surface area contributed by atoms with E-state index in [4.69, 9.17) is 9.15 Å². The second-order valence-electron chi connectivity index (χ2n) is 4.48. The fourth-order valence-electron chi connectivity index (χ4n) is 1.91. The number of furan rings is 1. The van der Waals surface area contributed by atoms with Crippen LogP contribution >= 0.6 is 11.3 Å². The highest BCUT2D eigenvalue weighted by Crippen LogP contribution is 2.19. The predicted molar refractivity (Wildman–Crippen MR) is 81.9 cm³/mol. The van der Waals surface area contributed by atoms with Gasteiger partial charge in [0.15, 0.2) is 0 Å². The quantitative estimate of drug-likeness (QED) is 0.540. The molecule has 21 heavy (non-hydrogen) atoms. The van der Waals surface area contributed by atoms with Gasteiger partial charge in [0.1, 0.15) is 18.0 Å². The minimum atomic E-state index is -0.416. The summed E-state index contributed by atoms with van der Waals surface area (Å²) in [5, 5.41) is 3.85. The number of para-hydroxylation sites is 1. The number of benzene rings is 1. The SMILES string of the molecule is Cc1nc(/C=C/C(=O)OCc2cc3ccccc3o2)cs1. The van der Waals surface area contributed by atoms with E-state index in [2.05, 4.69) is 4.98 Å². The summed E-state index contributed by atoms with van der Waals surface area (Å²) in [7, 11) is 0. The lowest BCUT2D eigenvalue weighted by Crippen LogP contribution is -1.99. The van der Waals surface area contributed by atoms with E-state index in [1.807, 2.05) is 42.6 Å². The van der Waals surface area contributed by atoms with Gasteiger partial charge in [-0.2, -0.15) is 0 Å². The second kappa shape index (κ2) is 5.93. The van der Waals surface area contributed by atoms with E-state index >= 15 is 0 Å². The van der Waals surface area contributed by atoms with Gasteiger partial charge in [-0.3, -0.25) is 0 Å². The van der Waals surface area contributed by atoms with Crippen LogP contribution in [0.25, 0.3) is 17.0 Å². The van der Waals surface area contributed by atoms with Gasteiger partial charge in [-0.1, -0.05) is 18.2 Å². The lowest BCUT2D eigenvalue weighted by atomic mass is 10.2. The van der Waals surface area contributed by atoms with Gasteiger partial charge in [0.25, 0.3) is 0 Å². The first-order valence-electron chi connectivity index (χ1n) is 6.45. The van der Waals surface area contributed by atoms with Crippen LogP contribution in [-0.4, -0.2) is 11.0 Å². The molecule has 0 saturated heterocycles. The first-order chi connectivity index (χ1) is 10.2. The van der Waals surface area contributed by atoms with E-state index in [-0.39, 0.29) is 6.61 Å². The zero-order valence-corrected chi connectivity index (χ0v) is 12.2. The maximum Gasteiger partial charge on any atom is 0.331 e. The number of aromatic nitrogens is 1. The number of carbonyl (C=O) groups excluding carboxylic acids is 1. The van der Waals surface area contributed by atoms with Gasteiger partial charge in [-0.05, 0) is 25.1 Å². The smallest absolute Gasteiger partial charge is 0.331 e. The van der Waals surface area contributed by atoms with Crippen molar-refractivity contribution >= 4 is 34.4 Å². The van der Waals surface area contributed by atoms with Crippen molar-refractivity contribution in [3.8, 4) is 0 Å². The number of nitrogens with zero attached hydrogens (tertiary/aromatic N) is 1. The molecule has 4 nitrogen and oxygen atoms in total. The zero-order chi connectivity index (χ0) is 14.7. The van der Waals surface area contributed by atoms with Crippen molar-refractivity contribution in [1.29, 1.82) is 0 Å². The first-order valence-corrected chi connectivity index (χ1v) is 7.33. The van der Waals surface area contributed by atoms with Gasteiger partial charge in [0.2, 0.25) is 0 Å². The summed E-state index contributed by atoms with van der Waals surface area (Å²) in [5.74, 6) is 0.212. The Morgan fingerprint density at radius 2 is 2.29 bits per heavy atom. The summed E-state index contributed by atoms with van der Waals surface area (Å²) < 4.78 is 10.7. The highest BCUT2D eigenvalue weighted by Gasteiger charge is 2.05. The van der Waals surface area contributed by atoms with Crippen LogP contribution in [0.4, 0.5) is 0 Å². The van der Waals surface area contributed by atoms with Gasteiger partial charge < -0.3 is 9.15 Å². The van der Waals surface area contributed by atoms with Crippen LogP contribution in [0.5, 0.6) is 0 Å². The number of aryl methyl sites for hydroxylation is 1. The van der Waals surface area contributed by atoms with E-state index in [9.17, 15) is 4.79 Å². The molecule has 5 heteroatoms. The average Bonchev–Trinajstić information content (AvgIpc) is 3.08. The molecule has 0 aliphatic heterocycles. The number of esters is 1. The lowest BCUT2D eigenvalue weighted by molar-refractivity contribution is -0.139. The van der Waals surface area contributed by atoms with E-state index in [0.717, 1.165) is 21.7 Å². The first kappa shape index (κ1) is 13.6. The third-order valence-corrected chi connectivity index (χ3v) is 3.65. The van der Waals surface area contributed by atoms with Crippen LogP contribution in [0.3, 0.4) is 0 Å². The summed E-state index contributed by atoms with van der Waals surface area (Å²) in [6.07, 6.45) is 3.02. The van der Waals surface area contributed by atoms with Crippen LogP contribution in [0.15, 0.2) is 46.2 Å². The van der Waals surface area contributed by atoms with Crippen molar-refractivity contribution in [3.63, 3.8) is 0 Å². The Kier molecular flexibility index (Phi) is 3.83. The zero-order valence-electron chi connectivity index (χ0n) is 11.4. The average molecular weight is 299 g/mol. The van der Waals surface area contributed by atoms with Gasteiger partial charge in [-0.25, -0.2) is 9.78 Å². The number of fused-ring (bicyclic) bond motifs is 1. The standard InChI is InChI=1S/C16H13NO3S/c1-11-17-13(10-21-11)6-7-16(18)19-9-14-8-12-4-2-3-5-15(12)20-14/h2-8,10H,9H2,1H3/b7-6+. The third kappa shape index (κ3) is 3.38. The third-order valence-electron chi connectivity index (χ3n) is 2.86. The van der Waals surface area contributed by atoms with E-state index < -0.39 is 5.97 Å². The molecule has 0 bridgehead atoms. The molecule has 0 fully saturated rings. The molecule has 0 radical (unpaired) electrons. The minimum absolute atomic E-state index is 0.119. The Hall–Kier alpha value is -2.40. The molecule has 0 spiro atoms. The maximum absolute atomic E-state index is 11.6. The fraction of sp³-hybridized carbons (Fsp3) is 0.125. The molecular weight excluding hydrogens is 286 g/mol. The lowest BCUT2D eigenvalue weighted by Gasteiger charge is -1.97. The Labute approximate surface area is 125 Å². The Bertz CT molecular complexity index is 768. The van der Waals surface area contributed by atoms with Crippen molar-refractivity contribution in [2.75, 3.05) is 0 Å². The molecule has 2 aromatic heterocycles. The van der Waals surface area contributed by atoms with E-state index in [1.165, 1.54) is 17.4 Å². The van der Waals surface area contributed by atoms with Crippen molar-refractivity contribution in [2.24, 2.45) is 0 Å². The summed E-state index contributed by atoms with van der Waals surface area (Å²) in [5.41, 5.74) is 1.55. The molecule has 3 rings (SSSR count). The van der Waals surface area contributed by atoms with Crippen molar-refractivity contribution in [1.82, 2.24) is 4.98 Å². The summed E-state index contributed by atoms with van der Waals surface area (Å²) in [6.45, 7) is 2.04. The highest BCUT2D eigenvalue weighted by atomic mass is 32.1. The van der Waals surface area contributed by atoms with Gasteiger partial charge in [0.05, 0.1) is 10.7 Å². The molecule has 1 aromatic carbocycles. The molecule has 0 atom stereocenters. The van der Waals surface area contributed by atoms with Crippen LogP contribution in [0.1, 0.15) is 16.5 Å². The van der Waals surface area contributed by atoms with E-state index in [0.29, 0.717) is 5.76 Å². The van der Waals surface area contributed by atoms with Crippen molar-refractivity contribution in [2.45, 2.75) is 13.5 Å². The largest absolute Gasteiger partial charge is 0.457 e. The van der Waals surface area contributed by atoms with Gasteiger partial charge in [-0.15, -0.1) is 11.3 Å². The minimum Gasteiger partial charge on any atom is -0.457 e. The van der Waals surface area contributed by atoms with Crippen LogP contribution in [-0.2, 0) is 16.1 Å². The summed E-state index contributed by atoms with van der Waals surface area (Å²) in [6, 6.07) is 9.54. The predicted octanol–water partition coefficient (Wildman–Crippen LogP) is 3.95. The molecule has 2 heterocycles. The van der Waals surface area contributed by atoms with Gasteiger partial charge in [0, 0.05) is 16.8 Å². The molecular formula is C16H13NO3S. The molecule has 106 valence electrons. The van der Waals surface area contributed by atoms with Crippen LogP contribution in [0, 0.1) is 6.92 Å². The van der Waals surface area contributed by atoms with E-state index in [1.54, 1.807) is 6.08 Å². The molecule has 0 amide bonds. The molecule has 3 aromatic rings. The number of hydrogen-bond donors (Lipinski definition) is 0. The molecule has 0 saturated carbocycles. The number of rotatable bonds is 4. The normalized spacial score (nSPS) is 11.3.